The van der Waals surface area contributed by atoms with Crippen molar-refractivity contribution in [1.29, 1.82) is 0 Å². The van der Waals surface area contributed by atoms with E-state index in [2.05, 4.69) is 15.3 Å². The van der Waals surface area contributed by atoms with Crippen molar-refractivity contribution in [2.45, 2.75) is 20.4 Å². The Labute approximate surface area is 106 Å². The number of aromatic nitrogens is 4. The maximum Gasteiger partial charge on any atom is 0.274 e. The minimum Gasteiger partial charge on any atom is -0.336 e. The number of hydrogen-bond donors (Lipinski definition) is 1. The summed E-state index contributed by atoms with van der Waals surface area (Å²) in [6.07, 6.45) is 3.62. The average Bonchev–Trinajstić information content (AvgIpc) is 3.00. The zero-order valence-corrected chi connectivity index (χ0v) is 10.6. The second-order valence-electron chi connectivity index (χ2n) is 4.09. The Morgan fingerprint density at radius 3 is 2.94 bits per heavy atom. The van der Waals surface area contributed by atoms with Crippen LogP contribution in [0.5, 0.6) is 0 Å². The number of aryl methyl sites for hydroxylation is 1. The zero-order valence-electron chi connectivity index (χ0n) is 10.6. The van der Waals surface area contributed by atoms with Gasteiger partial charge in [0.25, 0.3) is 5.91 Å². The first-order chi connectivity index (χ1) is 8.70. The quantitative estimate of drug-likeness (QED) is 0.859. The van der Waals surface area contributed by atoms with E-state index in [1.807, 2.05) is 30.8 Å². The number of hydrogen-bond acceptors (Lipinski definition) is 3. The van der Waals surface area contributed by atoms with Gasteiger partial charge in [-0.3, -0.25) is 14.6 Å². The van der Waals surface area contributed by atoms with Crippen molar-refractivity contribution in [2.75, 3.05) is 13.1 Å². The lowest BCUT2D eigenvalue weighted by atomic mass is 10.3. The third kappa shape index (κ3) is 2.77. The summed E-state index contributed by atoms with van der Waals surface area (Å²) in [5, 5.41) is 10.9. The largest absolute Gasteiger partial charge is 0.336 e. The molecule has 6 nitrogen and oxygen atoms in total. The number of aromatic amines is 1. The Morgan fingerprint density at radius 2 is 2.39 bits per heavy atom. The molecule has 1 N–H and O–H groups in total. The van der Waals surface area contributed by atoms with Gasteiger partial charge in [-0.05, 0) is 26.0 Å². The van der Waals surface area contributed by atoms with Crippen molar-refractivity contribution < 1.29 is 4.79 Å². The summed E-state index contributed by atoms with van der Waals surface area (Å²) in [6.45, 7) is 5.81. The second kappa shape index (κ2) is 5.48. The summed E-state index contributed by atoms with van der Waals surface area (Å²) >= 11 is 0. The van der Waals surface area contributed by atoms with E-state index < -0.39 is 0 Å². The molecule has 0 aromatic carbocycles. The van der Waals surface area contributed by atoms with E-state index in [1.165, 1.54) is 0 Å². The lowest BCUT2D eigenvalue weighted by Crippen LogP contribution is -2.34. The van der Waals surface area contributed by atoms with Crippen molar-refractivity contribution in [3.8, 4) is 0 Å². The number of nitrogens with one attached hydrogen (secondary N) is 1. The zero-order chi connectivity index (χ0) is 13.0. The molecule has 0 atom stereocenters. The molecule has 0 bridgehead atoms. The first-order valence-corrected chi connectivity index (χ1v) is 5.99. The Morgan fingerprint density at radius 1 is 1.56 bits per heavy atom. The number of amides is 1. The summed E-state index contributed by atoms with van der Waals surface area (Å²) in [7, 11) is 0. The molecule has 2 rings (SSSR count). The van der Waals surface area contributed by atoms with Crippen LogP contribution in [0, 0.1) is 6.92 Å². The molecule has 0 unspecified atom stereocenters. The van der Waals surface area contributed by atoms with Crippen LogP contribution in [0.15, 0.2) is 24.5 Å². The molecule has 0 saturated heterocycles. The van der Waals surface area contributed by atoms with Gasteiger partial charge in [-0.15, -0.1) is 0 Å². The van der Waals surface area contributed by atoms with Crippen LogP contribution >= 0.6 is 0 Å². The second-order valence-corrected chi connectivity index (χ2v) is 4.09. The Balaban J connectivity index is 1.98. The van der Waals surface area contributed by atoms with E-state index in [0.29, 0.717) is 25.3 Å². The monoisotopic (exact) mass is 247 g/mol. The number of nitrogens with zero attached hydrogens (tertiary/aromatic N) is 4. The third-order valence-electron chi connectivity index (χ3n) is 2.75. The molecule has 1 amide bonds. The summed E-state index contributed by atoms with van der Waals surface area (Å²) in [6, 6.07) is 3.63. The molecule has 0 aliphatic carbocycles. The van der Waals surface area contributed by atoms with Crippen molar-refractivity contribution >= 4 is 5.91 Å². The highest BCUT2D eigenvalue weighted by Gasteiger charge is 2.16. The molecule has 18 heavy (non-hydrogen) atoms. The van der Waals surface area contributed by atoms with Gasteiger partial charge < -0.3 is 4.90 Å². The molecular weight excluding hydrogens is 230 g/mol. The lowest BCUT2D eigenvalue weighted by molar-refractivity contribution is 0.0751. The fourth-order valence-corrected chi connectivity index (χ4v) is 1.75. The fourth-order valence-electron chi connectivity index (χ4n) is 1.75. The van der Waals surface area contributed by atoms with E-state index in [-0.39, 0.29) is 5.91 Å². The molecule has 6 heteroatoms. The minimum absolute atomic E-state index is 0.0472. The molecule has 0 spiro atoms. The molecule has 0 fully saturated rings. The van der Waals surface area contributed by atoms with Crippen molar-refractivity contribution in [3.05, 3.63) is 35.9 Å². The first-order valence-electron chi connectivity index (χ1n) is 5.99. The Bertz CT molecular complexity index is 502. The number of rotatable bonds is 5. The van der Waals surface area contributed by atoms with Crippen LogP contribution in [-0.4, -0.2) is 43.9 Å². The van der Waals surface area contributed by atoms with Gasteiger partial charge in [0.2, 0.25) is 0 Å². The summed E-state index contributed by atoms with van der Waals surface area (Å²) in [4.78, 5) is 13.9. The predicted molar refractivity (Wildman–Crippen MR) is 67.1 cm³/mol. The molecule has 0 aliphatic rings. The van der Waals surface area contributed by atoms with E-state index in [9.17, 15) is 4.79 Å². The average molecular weight is 247 g/mol. The predicted octanol–water partition coefficient (Wildman–Crippen LogP) is 1.08. The number of carbonyl (C=O) groups excluding carboxylic acids is 1. The van der Waals surface area contributed by atoms with Crippen LogP contribution in [0.25, 0.3) is 0 Å². The van der Waals surface area contributed by atoms with Crippen LogP contribution < -0.4 is 0 Å². The summed E-state index contributed by atoms with van der Waals surface area (Å²) in [5.41, 5.74) is 1.36. The van der Waals surface area contributed by atoms with Gasteiger partial charge in [-0.1, -0.05) is 0 Å². The van der Waals surface area contributed by atoms with E-state index in [1.54, 1.807) is 17.2 Å². The number of carbonyl (C=O) groups is 1. The van der Waals surface area contributed by atoms with Crippen molar-refractivity contribution in [3.63, 3.8) is 0 Å². The van der Waals surface area contributed by atoms with Crippen molar-refractivity contribution in [1.82, 2.24) is 24.9 Å². The lowest BCUT2D eigenvalue weighted by Gasteiger charge is -2.19. The van der Waals surface area contributed by atoms with Crippen LogP contribution in [0.3, 0.4) is 0 Å². The van der Waals surface area contributed by atoms with Crippen LogP contribution in [-0.2, 0) is 6.54 Å². The molecule has 0 saturated carbocycles. The van der Waals surface area contributed by atoms with Crippen LogP contribution in [0.1, 0.15) is 23.1 Å². The highest BCUT2D eigenvalue weighted by atomic mass is 16.2. The first kappa shape index (κ1) is 12.3. The van der Waals surface area contributed by atoms with Gasteiger partial charge in [-0.25, -0.2) is 0 Å². The Hall–Kier alpha value is -2.11. The normalized spacial score (nSPS) is 10.6. The summed E-state index contributed by atoms with van der Waals surface area (Å²) in [5.74, 6) is -0.0472. The fraction of sp³-hybridized carbons (Fsp3) is 0.417. The highest BCUT2D eigenvalue weighted by molar-refractivity contribution is 5.92. The third-order valence-corrected chi connectivity index (χ3v) is 2.75. The maximum atomic E-state index is 12.2. The molecule has 0 aliphatic heterocycles. The molecule has 2 aromatic rings. The van der Waals surface area contributed by atoms with Gasteiger partial charge in [0.15, 0.2) is 0 Å². The van der Waals surface area contributed by atoms with Crippen LogP contribution in [0.4, 0.5) is 0 Å². The highest BCUT2D eigenvalue weighted by Crippen LogP contribution is 2.04. The van der Waals surface area contributed by atoms with E-state index >= 15 is 0 Å². The number of likely N-dealkylation sites (N-methyl/N-ethyl adjacent to an activating group) is 1. The Kier molecular flexibility index (Phi) is 3.76. The topological polar surface area (TPSA) is 66.8 Å². The van der Waals surface area contributed by atoms with Gasteiger partial charge in [0.1, 0.15) is 5.69 Å². The SMILES string of the molecule is CCN(CCn1cccn1)C(=O)c1cc(C)[nH]n1. The molecular formula is C12H17N5O. The minimum atomic E-state index is -0.0472. The van der Waals surface area contributed by atoms with E-state index in [4.69, 9.17) is 0 Å². The van der Waals surface area contributed by atoms with E-state index in [0.717, 1.165) is 5.69 Å². The smallest absolute Gasteiger partial charge is 0.274 e. The number of H-pyrrole nitrogens is 1. The van der Waals surface area contributed by atoms with Crippen molar-refractivity contribution in [2.24, 2.45) is 0 Å². The van der Waals surface area contributed by atoms with Gasteiger partial charge in [0.05, 0.1) is 6.54 Å². The maximum absolute atomic E-state index is 12.2. The molecule has 2 heterocycles. The molecule has 0 radical (unpaired) electrons. The standard InChI is InChI=1S/C12H17N5O/c1-3-16(7-8-17-6-4-5-13-17)12(18)11-9-10(2)14-15-11/h4-6,9H,3,7-8H2,1-2H3,(H,14,15). The van der Waals surface area contributed by atoms with Gasteiger partial charge in [-0.2, -0.15) is 10.2 Å². The summed E-state index contributed by atoms with van der Waals surface area (Å²) < 4.78 is 1.81. The molecule has 2 aromatic heterocycles. The molecule has 96 valence electrons. The van der Waals surface area contributed by atoms with Crippen LogP contribution in [0.2, 0.25) is 0 Å². The van der Waals surface area contributed by atoms with Gasteiger partial charge in [0, 0.05) is 31.2 Å². The van der Waals surface area contributed by atoms with Gasteiger partial charge >= 0.3 is 0 Å².